The van der Waals surface area contributed by atoms with Crippen molar-refractivity contribution < 1.29 is 14.3 Å². The molecule has 1 aromatic rings. The molecule has 4 heteroatoms. The summed E-state index contributed by atoms with van der Waals surface area (Å²) < 4.78 is 11.0. The van der Waals surface area contributed by atoms with Gasteiger partial charge in [0.15, 0.2) is 6.10 Å². The summed E-state index contributed by atoms with van der Waals surface area (Å²) in [7, 11) is 1.37. The Bertz CT molecular complexity index is 335. The zero-order valence-corrected chi connectivity index (χ0v) is 11.0. The van der Waals surface area contributed by atoms with Crippen molar-refractivity contribution >= 4 is 21.9 Å². The molecule has 0 bridgehead atoms. The summed E-state index contributed by atoms with van der Waals surface area (Å²) in [5.74, 6) is -0.329. The van der Waals surface area contributed by atoms with Gasteiger partial charge < -0.3 is 9.47 Å². The van der Waals surface area contributed by atoms with Gasteiger partial charge >= 0.3 is 5.97 Å². The zero-order chi connectivity index (χ0) is 12.0. The SMILES string of the molecule is CCO[C@@H](Cc1ccc(Br)cc1)C(=O)OC. The predicted octanol–water partition coefficient (Wildman–Crippen LogP) is 2.57. The second-order valence-corrected chi connectivity index (χ2v) is 4.21. The minimum absolute atomic E-state index is 0.329. The van der Waals surface area contributed by atoms with Crippen molar-refractivity contribution in [2.24, 2.45) is 0 Å². The molecule has 0 heterocycles. The number of hydrogen-bond acceptors (Lipinski definition) is 3. The number of ether oxygens (including phenoxy) is 2. The molecule has 0 saturated carbocycles. The van der Waals surface area contributed by atoms with E-state index in [9.17, 15) is 4.79 Å². The maximum Gasteiger partial charge on any atom is 0.335 e. The molecule has 0 aliphatic rings. The van der Waals surface area contributed by atoms with E-state index in [0.29, 0.717) is 13.0 Å². The molecule has 0 aromatic heterocycles. The first-order valence-corrected chi connectivity index (χ1v) is 5.90. The van der Waals surface area contributed by atoms with Crippen LogP contribution in [-0.4, -0.2) is 25.8 Å². The van der Waals surface area contributed by atoms with E-state index in [4.69, 9.17) is 4.74 Å². The first-order chi connectivity index (χ1) is 7.67. The fourth-order valence-electron chi connectivity index (χ4n) is 1.38. The Morgan fingerprint density at radius 1 is 1.38 bits per heavy atom. The number of hydrogen-bond donors (Lipinski definition) is 0. The third kappa shape index (κ3) is 3.94. The fourth-order valence-corrected chi connectivity index (χ4v) is 1.64. The van der Waals surface area contributed by atoms with Crippen LogP contribution in [0.25, 0.3) is 0 Å². The van der Waals surface area contributed by atoms with E-state index in [0.717, 1.165) is 10.0 Å². The van der Waals surface area contributed by atoms with Crippen molar-refractivity contribution in [3.8, 4) is 0 Å². The van der Waals surface area contributed by atoms with Crippen molar-refractivity contribution in [1.82, 2.24) is 0 Å². The molecule has 0 amide bonds. The minimum atomic E-state index is -0.517. The van der Waals surface area contributed by atoms with E-state index < -0.39 is 6.10 Å². The molecule has 1 atom stereocenters. The molecule has 1 rings (SSSR count). The lowest BCUT2D eigenvalue weighted by atomic mass is 10.1. The predicted molar refractivity (Wildman–Crippen MR) is 65.3 cm³/mol. The highest BCUT2D eigenvalue weighted by atomic mass is 79.9. The average molecular weight is 287 g/mol. The third-order valence-electron chi connectivity index (χ3n) is 2.17. The number of carbonyl (C=O) groups excluding carboxylic acids is 1. The molecule has 0 radical (unpaired) electrons. The number of benzene rings is 1. The standard InChI is InChI=1S/C12H15BrO3/c1-3-16-11(12(14)15-2)8-9-4-6-10(13)7-5-9/h4-7,11H,3,8H2,1-2H3/t11-/m0/s1. The first-order valence-electron chi connectivity index (χ1n) is 5.11. The van der Waals surface area contributed by atoms with Crippen LogP contribution in [0.4, 0.5) is 0 Å². The zero-order valence-electron chi connectivity index (χ0n) is 9.40. The largest absolute Gasteiger partial charge is 0.467 e. The van der Waals surface area contributed by atoms with Gasteiger partial charge in [0, 0.05) is 17.5 Å². The van der Waals surface area contributed by atoms with Crippen molar-refractivity contribution in [3.05, 3.63) is 34.3 Å². The Morgan fingerprint density at radius 3 is 2.50 bits per heavy atom. The molecular formula is C12H15BrO3. The molecule has 16 heavy (non-hydrogen) atoms. The van der Waals surface area contributed by atoms with Gasteiger partial charge in [-0.1, -0.05) is 28.1 Å². The molecule has 0 aliphatic carbocycles. The van der Waals surface area contributed by atoms with Crippen LogP contribution in [0.3, 0.4) is 0 Å². The Labute approximate surface area is 104 Å². The molecule has 0 saturated heterocycles. The third-order valence-corrected chi connectivity index (χ3v) is 2.69. The maximum absolute atomic E-state index is 11.4. The van der Waals surface area contributed by atoms with Gasteiger partial charge in [-0.05, 0) is 24.6 Å². The number of esters is 1. The van der Waals surface area contributed by atoms with Crippen LogP contribution >= 0.6 is 15.9 Å². The summed E-state index contributed by atoms with van der Waals surface area (Å²) >= 11 is 3.36. The molecule has 0 aliphatic heterocycles. The maximum atomic E-state index is 11.4. The van der Waals surface area contributed by atoms with Gasteiger partial charge in [0.05, 0.1) is 7.11 Å². The van der Waals surface area contributed by atoms with E-state index in [1.807, 2.05) is 31.2 Å². The second kappa shape index (κ2) is 6.66. The van der Waals surface area contributed by atoms with Gasteiger partial charge in [-0.3, -0.25) is 0 Å². The van der Waals surface area contributed by atoms with Crippen molar-refractivity contribution in [2.45, 2.75) is 19.4 Å². The second-order valence-electron chi connectivity index (χ2n) is 3.30. The van der Waals surface area contributed by atoms with Gasteiger partial charge in [0.1, 0.15) is 0 Å². The van der Waals surface area contributed by atoms with E-state index >= 15 is 0 Å². The summed E-state index contributed by atoms with van der Waals surface area (Å²) in [5.41, 5.74) is 1.05. The summed E-state index contributed by atoms with van der Waals surface area (Å²) in [6.07, 6.45) is 0.0181. The van der Waals surface area contributed by atoms with E-state index in [1.165, 1.54) is 7.11 Å². The van der Waals surface area contributed by atoms with Crippen LogP contribution in [0.1, 0.15) is 12.5 Å². The quantitative estimate of drug-likeness (QED) is 0.781. The van der Waals surface area contributed by atoms with Crippen molar-refractivity contribution in [3.63, 3.8) is 0 Å². The van der Waals surface area contributed by atoms with Crippen molar-refractivity contribution in [1.29, 1.82) is 0 Å². The normalized spacial score (nSPS) is 12.2. The Balaban J connectivity index is 2.67. The fraction of sp³-hybridized carbons (Fsp3) is 0.417. The van der Waals surface area contributed by atoms with Crippen LogP contribution in [0.2, 0.25) is 0 Å². The molecule has 1 aromatic carbocycles. The summed E-state index contributed by atoms with van der Waals surface area (Å²) in [4.78, 5) is 11.4. The van der Waals surface area contributed by atoms with Crippen LogP contribution < -0.4 is 0 Å². The minimum Gasteiger partial charge on any atom is -0.467 e. The van der Waals surface area contributed by atoms with Crippen LogP contribution in [0.15, 0.2) is 28.7 Å². The highest BCUT2D eigenvalue weighted by Crippen LogP contribution is 2.13. The molecule has 3 nitrogen and oxygen atoms in total. The molecule has 88 valence electrons. The lowest BCUT2D eigenvalue weighted by molar-refractivity contribution is -0.153. The smallest absolute Gasteiger partial charge is 0.335 e. The summed E-state index contributed by atoms with van der Waals surface area (Å²) in [5, 5.41) is 0. The number of carbonyl (C=O) groups is 1. The molecular weight excluding hydrogens is 272 g/mol. The van der Waals surface area contributed by atoms with Crippen LogP contribution in [0, 0.1) is 0 Å². The lowest BCUT2D eigenvalue weighted by Gasteiger charge is -2.14. The Kier molecular flexibility index (Phi) is 5.49. The van der Waals surface area contributed by atoms with Gasteiger partial charge in [-0.15, -0.1) is 0 Å². The number of methoxy groups -OCH3 is 1. The van der Waals surface area contributed by atoms with Crippen LogP contribution in [0.5, 0.6) is 0 Å². The molecule has 0 fully saturated rings. The van der Waals surface area contributed by atoms with Crippen molar-refractivity contribution in [2.75, 3.05) is 13.7 Å². The Hall–Kier alpha value is -0.870. The number of rotatable bonds is 5. The topological polar surface area (TPSA) is 35.5 Å². The summed E-state index contributed by atoms with van der Waals surface area (Å²) in [6, 6.07) is 7.79. The van der Waals surface area contributed by atoms with Gasteiger partial charge in [-0.2, -0.15) is 0 Å². The van der Waals surface area contributed by atoms with E-state index in [1.54, 1.807) is 0 Å². The molecule has 0 N–H and O–H groups in total. The number of halogens is 1. The van der Waals surface area contributed by atoms with Gasteiger partial charge in [-0.25, -0.2) is 4.79 Å². The first kappa shape index (κ1) is 13.2. The monoisotopic (exact) mass is 286 g/mol. The highest BCUT2D eigenvalue weighted by molar-refractivity contribution is 9.10. The lowest BCUT2D eigenvalue weighted by Crippen LogP contribution is -2.28. The Morgan fingerprint density at radius 2 is 2.00 bits per heavy atom. The summed E-state index contributed by atoms with van der Waals surface area (Å²) in [6.45, 7) is 2.35. The molecule has 0 unspecified atom stereocenters. The van der Waals surface area contributed by atoms with E-state index in [-0.39, 0.29) is 5.97 Å². The van der Waals surface area contributed by atoms with Gasteiger partial charge in [0.25, 0.3) is 0 Å². The highest BCUT2D eigenvalue weighted by Gasteiger charge is 2.19. The average Bonchev–Trinajstić information content (AvgIpc) is 2.30. The van der Waals surface area contributed by atoms with Crippen LogP contribution in [-0.2, 0) is 20.7 Å². The van der Waals surface area contributed by atoms with E-state index in [2.05, 4.69) is 20.7 Å². The molecule has 0 spiro atoms. The van der Waals surface area contributed by atoms with Gasteiger partial charge in [0.2, 0.25) is 0 Å².